The molecule has 0 radical (unpaired) electrons. The quantitative estimate of drug-likeness (QED) is 0.681. The van der Waals surface area contributed by atoms with Gasteiger partial charge in [0.25, 0.3) is 0 Å². The number of hydrogen-bond acceptors (Lipinski definition) is 5. The average Bonchev–Trinajstić information content (AvgIpc) is 2.12. The predicted molar refractivity (Wildman–Crippen MR) is 48.7 cm³/mol. The number of nitrogens with zero attached hydrogens (tertiary/aromatic N) is 1. The van der Waals surface area contributed by atoms with Crippen molar-refractivity contribution in [3.63, 3.8) is 0 Å². The number of ether oxygens (including phenoxy) is 2. The number of carbonyl (C=O) groups is 1. The molecule has 1 aliphatic rings. The fraction of sp³-hybridized carbons (Fsp3) is 0.333. The second-order valence-electron chi connectivity index (χ2n) is 3.01. The number of nitrogens with two attached hydrogens (primary N) is 1. The van der Waals surface area contributed by atoms with E-state index < -0.39 is 5.97 Å². The number of esters is 1. The van der Waals surface area contributed by atoms with Gasteiger partial charge in [-0.1, -0.05) is 0 Å². The van der Waals surface area contributed by atoms with E-state index in [1.54, 1.807) is 12.1 Å². The molecule has 0 aliphatic carbocycles. The fourth-order valence-electron chi connectivity index (χ4n) is 1.08. The van der Waals surface area contributed by atoms with Crippen LogP contribution in [-0.2, 0) is 9.47 Å². The molecule has 1 fully saturated rings. The maximum Gasteiger partial charge on any atom is 0.359 e. The van der Waals surface area contributed by atoms with Gasteiger partial charge in [-0.25, -0.2) is 9.78 Å². The van der Waals surface area contributed by atoms with Gasteiger partial charge in [-0.15, -0.1) is 0 Å². The van der Waals surface area contributed by atoms with E-state index in [1.807, 2.05) is 0 Å². The van der Waals surface area contributed by atoms with Crippen LogP contribution >= 0.6 is 0 Å². The number of aromatic nitrogens is 1. The van der Waals surface area contributed by atoms with Crippen LogP contribution in [0.2, 0.25) is 0 Å². The second kappa shape index (κ2) is 3.63. The molecular formula is C9H10N2O3. The van der Waals surface area contributed by atoms with Crippen LogP contribution in [0, 0.1) is 0 Å². The van der Waals surface area contributed by atoms with Crippen molar-refractivity contribution in [1.82, 2.24) is 4.98 Å². The topological polar surface area (TPSA) is 74.4 Å². The second-order valence-corrected chi connectivity index (χ2v) is 3.01. The van der Waals surface area contributed by atoms with Crippen LogP contribution < -0.4 is 5.73 Å². The maximum atomic E-state index is 11.4. The molecule has 1 aromatic rings. The first-order valence-electron chi connectivity index (χ1n) is 4.26. The zero-order valence-corrected chi connectivity index (χ0v) is 7.47. The highest BCUT2D eigenvalue weighted by Gasteiger charge is 2.24. The summed E-state index contributed by atoms with van der Waals surface area (Å²) in [6, 6.07) is 3.28. The smallest absolute Gasteiger partial charge is 0.359 e. The van der Waals surface area contributed by atoms with Crippen molar-refractivity contribution in [2.75, 3.05) is 18.9 Å². The molecule has 0 atom stereocenters. The monoisotopic (exact) mass is 194 g/mol. The lowest BCUT2D eigenvalue weighted by molar-refractivity contribution is -0.103. The minimum Gasteiger partial charge on any atom is -0.453 e. The van der Waals surface area contributed by atoms with Gasteiger partial charge in [-0.05, 0) is 12.1 Å². The third-order valence-electron chi connectivity index (χ3n) is 1.91. The van der Waals surface area contributed by atoms with Crippen molar-refractivity contribution in [2.24, 2.45) is 0 Å². The van der Waals surface area contributed by atoms with Crippen LogP contribution in [0.1, 0.15) is 10.5 Å². The molecule has 2 rings (SSSR count). The van der Waals surface area contributed by atoms with E-state index in [1.165, 1.54) is 6.20 Å². The first-order chi connectivity index (χ1) is 6.77. The number of anilines is 1. The summed E-state index contributed by atoms with van der Waals surface area (Å²) in [6.07, 6.45) is 1.36. The molecule has 5 nitrogen and oxygen atoms in total. The van der Waals surface area contributed by atoms with Gasteiger partial charge in [-0.2, -0.15) is 0 Å². The van der Waals surface area contributed by atoms with Crippen molar-refractivity contribution >= 4 is 11.7 Å². The van der Waals surface area contributed by atoms with Crippen LogP contribution in [0.4, 0.5) is 5.69 Å². The van der Waals surface area contributed by atoms with Gasteiger partial charge in [0.1, 0.15) is 6.10 Å². The number of pyridine rings is 1. The summed E-state index contributed by atoms with van der Waals surface area (Å²) in [5.41, 5.74) is 6.06. The zero-order valence-electron chi connectivity index (χ0n) is 7.47. The molecule has 0 aromatic carbocycles. The highest BCUT2D eigenvalue weighted by Crippen LogP contribution is 2.12. The molecule has 0 saturated carbocycles. The van der Waals surface area contributed by atoms with E-state index in [2.05, 4.69) is 4.98 Å². The predicted octanol–water partition coefficient (Wildman–Crippen LogP) is 0.219. The van der Waals surface area contributed by atoms with Crippen LogP contribution in [0.5, 0.6) is 0 Å². The molecule has 74 valence electrons. The molecule has 14 heavy (non-hydrogen) atoms. The summed E-state index contributed by atoms with van der Waals surface area (Å²) in [4.78, 5) is 15.3. The lowest BCUT2D eigenvalue weighted by Crippen LogP contribution is -2.38. The van der Waals surface area contributed by atoms with E-state index >= 15 is 0 Å². The summed E-state index contributed by atoms with van der Waals surface area (Å²) in [5.74, 6) is -0.489. The van der Waals surface area contributed by atoms with Gasteiger partial charge in [-0.3, -0.25) is 0 Å². The van der Waals surface area contributed by atoms with E-state index in [0.29, 0.717) is 18.9 Å². The number of rotatable bonds is 2. The molecule has 0 spiro atoms. The molecule has 1 aliphatic heterocycles. The molecule has 2 heterocycles. The van der Waals surface area contributed by atoms with Crippen molar-refractivity contribution in [2.45, 2.75) is 6.10 Å². The largest absolute Gasteiger partial charge is 0.453 e. The van der Waals surface area contributed by atoms with Crippen LogP contribution in [0.25, 0.3) is 0 Å². The van der Waals surface area contributed by atoms with Crippen molar-refractivity contribution in [3.05, 3.63) is 24.0 Å². The molecule has 0 unspecified atom stereocenters. The zero-order chi connectivity index (χ0) is 9.97. The van der Waals surface area contributed by atoms with E-state index in [9.17, 15) is 4.79 Å². The maximum absolute atomic E-state index is 11.4. The highest BCUT2D eigenvalue weighted by molar-refractivity contribution is 5.92. The summed E-state index contributed by atoms with van der Waals surface area (Å²) < 4.78 is 9.92. The van der Waals surface area contributed by atoms with E-state index in [0.717, 1.165) is 0 Å². The minimum atomic E-state index is -0.489. The van der Waals surface area contributed by atoms with Gasteiger partial charge in [0.15, 0.2) is 5.69 Å². The lowest BCUT2D eigenvalue weighted by atomic mass is 10.3. The number of carbonyl (C=O) groups excluding carboxylic acids is 1. The third kappa shape index (κ3) is 1.67. The van der Waals surface area contributed by atoms with Gasteiger partial charge in [0.05, 0.1) is 18.9 Å². The molecule has 1 saturated heterocycles. The Balaban J connectivity index is 2.06. The van der Waals surface area contributed by atoms with E-state index in [-0.39, 0.29) is 11.8 Å². The number of hydrogen-bond donors (Lipinski definition) is 1. The minimum absolute atomic E-state index is 0.149. The summed E-state index contributed by atoms with van der Waals surface area (Å²) in [5, 5.41) is 0. The Labute approximate surface area is 80.8 Å². The first kappa shape index (κ1) is 8.96. The van der Waals surface area contributed by atoms with Gasteiger partial charge in [0, 0.05) is 6.20 Å². The standard InChI is InChI=1S/C9H10N2O3/c10-7-2-1-3-11-8(7)9(12)14-6-4-13-5-6/h1-3,6H,4-5,10H2. The molecule has 1 aromatic heterocycles. The molecular weight excluding hydrogens is 184 g/mol. The Morgan fingerprint density at radius 1 is 1.64 bits per heavy atom. The SMILES string of the molecule is Nc1cccnc1C(=O)OC1COC1. The fourth-order valence-corrected chi connectivity index (χ4v) is 1.08. The summed E-state index contributed by atoms with van der Waals surface area (Å²) >= 11 is 0. The number of nitrogen functional groups attached to an aromatic ring is 1. The lowest BCUT2D eigenvalue weighted by Gasteiger charge is -2.25. The average molecular weight is 194 g/mol. The van der Waals surface area contributed by atoms with Crippen molar-refractivity contribution < 1.29 is 14.3 Å². The van der Waals surface area contributed by atoms with Crippen molar-refractivity contribution in [3.8, 4) is 0 Å². The van der Waals surface area contributed by atoms with E-state index in [4.69, 9.17) is 15.2 Å². The Hall–Kier alpha value is -1.62. The van der Waals surface area contributed by atoms with Crippen LogP contribution in [-0.4, -0.2) is 30.3 Å². The first-order valence-corrected chi connectivity index (χ1v) is 4.26. The Morgan fingerprint density at radius 2 is 2.43 bits per heavy atom. The van der Waals surface area contributed by atoms with Gasteiger partial charge >= 0.3 is 5.97 Å². The normalized spacial score (nSPS) is 16.0. The van der Waals surface area contributed by atoms with Gasteiger partial charge < -0.3 is 15.2 Å². The Bertz CT molecular complexity index is 350. The Kier molecular flexibility index (Phi) is 2.32. The van der Waals surface area contributed by atoms with Crippen LogP contribution in [0.3, 0.4) is 0 Å². The summed E-state index contributed by atoms with van der Waals surface area (Å²) in [7, 11) is 0. The molecule has 5 heteroatoms. The molecule has 0 amide bonds. The highest BCUT2D eigenvalue weighted by atomic mass is 16.6. The molecule has 2 N–H and O–H groups in total. The summed E-state index contributed by atoms with van der Waals surface area (Å²) in [6.45, 7) is 0.914. The van der Waals surface area contributed by atoms with Crippen LogP contribution in [0.15, 0.2) is 18.3 Å². The molecule has 0 bridgehead atoms. The van der Waals surface area contributed by atoms with Crippen molar-refractivity contribution in [1.29, 1.82) is 0 Å². The van der Waals surface area contributed by atoms with Gasteiger partial charge in [0.2, 0.25) is 0 Å². The Morgan fingerprint density at radius 3 is 3.00 bits per heavy atom. The third-order valence-corrected chi connectivity index (χ3v) is 1.91.